The SMILES string of the molecule is O=C1CS(=O)(=O)c2ccc(CC(=O)N[C@H](CN3CCCC3)c3ccccc3)cc2N1. The summed E-state index contributed by atoms with van der Waals surface area (Å²) in [6.45, 7) is 2.84. The summed E-state index contributed by atoms with van der Waals surface area (Å²) in [5.41, 5.74) is 1.95. The second-order valence-corrected chi connectivity index (χ2v) is 9.81. The number of fused-ring (bicyclic) bond motifs is 1. The van der Waals surface area contributed by atoms with Crippen molar-refractivity contribution in [3.63, 3.8) is 0 Å². The fourth-order valence-electron chi connectivity index (χ4n) is 4.07. The number of sulfone groups is 1. The van der Waals surface area contributed by atoms with Gasteiger partial charge in [-0.2, -0.15) is 0 Å². The monoisotopic (exact) mass is 427 g/mol. The number of nitrogens with zero attached hydrogens (tertiary/aromatic N) is 1. The van der Waals surface area contributed by atoms with E-state index in [1.165, 1.54) is 18.9 Å². The first-order valence-corrected chi connectivity index (χ1v) is 11.8. The Kier molecular flexibility index (Phi) is 5.87. The molecule has 8 heteroatoms. The van der Waals surface area contributed by atoms with Crippen molar-refractivity contribution in [3.8, 4) is 0 Å². The maximum absolute atomic E-state index is 12.8. The zero-order valence-corrected chi connectivity index (χ0v) is 17.5. The van der Waals surface area contributed by atoms with Crippen molar-refractivity contribution in [2.75, 3.05) is 30.7 Å². The molecule has 2 amide bonds. The van der Waals surface area contributed by atoms with E-state index < -0.39 is 21.5 Å². The predicted octanol–water partition coefficient (Wildman–Crippen LogP) is 1.91. The lowest BCUT2D eigenvalue weighted by molar-refractivity contribution is -0.121. The normalized spacial score (nSPS) is 19.0. The fourth-order valence-corrected chi connectivity index (χ4v) is 5.36. The van der Waals surface area contributed by atoms with Gasteiger partial charge in [-0.3, -0.25) is 9.59 Å². The first-order chi connectivity index (χ1) is 14.4. The number of carbonyl (C=O) groups excluding carboxylic acids is 2. The van der Waals surface area contributed by atoms with Gasteiger partial charge in [-0.1, -0.05) is 36.4 Å². The molecule has 0 unspecified atom stereocenters. The Morgan fingerprint density at radius 1 is 1.10 bits per heavy atom. The van der Waals surface area contributed by atoms with Crippen LogP contribution in [0.1, 0.15) is 30.0 Å². The smallest absolute Gasteiger partial charge is 0.239 e. The highest BCUT2D eigenvalue weighted by molar-refractivity contribution is 7.92. The molecule has 2 heterocycles. The average molecular weight is 428 g/mol. The van der Waals surface area contributed by atoms with Crippen LogP contribution in [0, 0.1) is 0 Å². The van der Waals surface area contributed by atoms with Gasteiger partial charge in [0.15, 0.2) is 9.84 Å². The van der Waals surface area contributed by atoms with Crippen molar-refractivity contribution in [3.05, 3.63) is 59.7 Å². The molecule has 2 N–H and O–H groups in total. The second-order valence-electron chi connectivity index (χ2n) is 7.85. The minimum absolute atomic E-state index is 0.0995. The van der Waals surface area contributed by atoms with E-state index in [-0.39, 0.29) is 29.0 Å². The molecule has 7 nitrogen and oxygen atoms in total. The molecule has 4 rings (SSSR count). The standard InChI is InChI=1S/C22H25N3O4S/c26-21(13-16-8-9-20-18(12-16)23-22(27)15-30(20,28)29)24-19(14-25-10-4-5-11-25)17-6-2-1-3-7-17/h1-3,6-9,12,19H,4-5,10-11,13-15H2,(H,23,27)(H,24,26)/t19-/m1/s1. The van der Waals surface area contributed by atoms with E-state index >= 15 is 0 Å². The Labute approximate surface area is 176 Å². The lowest BCUT2D eigenvalue weighted by atomic mass is 10.1. The quantitative estimate of drug-likeness (QED) is 0.734. The molecule has 0 aromatic heterocycles. The van der Waals surface area contributed by atoms with Crippen molar-refractivity contribution in [1.82, 2.24) is 10.2 Å². The molecule has 2 aromatic carbocycles. The minimum Gasteiger partial charge on any atom is -0.348 e. The molecule has 1 saturated heterocycles. The lowest BCUT2D eigenvalue weighted by Crippen LogP contribution is -2.37. The topological polar surface area (TPSA) is 95.6 Å². The van der Waals surface area contributed by atoms with Gasteiger partial charge < -0.3 is 15.5 Å². The van der Waals surface area contributed by atoms with E-state index in [0.29, 0.717) is 5.56 Å². The number of carbonyl (C=O) groups is 2. The number of hydrogen-bond acceptors (Lipinski definition) is 5. The summed E-state index contributed by atoms with van der Waals surface area (Å²) >= 11 is 0. The molecule has 0 bridgehead atoms. The number of hydrogen-bond donors (Lipinski definition) is 2. The number of rotatable bonds is 6. The van der Waals surface area contributed by atoms with E-state index in [0.717, 1.165) is 25.2 Å². The highest BCUT2D eigenvalue weighted by Gasteiger charge is 2.29. The molecule has 2 aliphatic heterocycles. The average Bonchev–Trinajstić information content (AvgIpc) is 3.20. The van der Waals surface area contributed by atoms with Crippen LogP contribution in [0.15, 0.2) is 53.4 Å². The largest absolute Gasteiger partial charge is 0.348 e. The van der Waals surface area contributed by atoms with Crippen molar-refractivity contribution >= 4 is 27.3 Å². The van der Waals surface area contributed by atoms with Crippen LogP contribution in [0.4, 0.5) is 5.69 Å². The zero-order valence-electron chi connectivity index (χ0n) is 16.6. The number of amides is 2. The maximum atomic E-state index is 12.8. The molecular weight excluding hydrogens is 402 g/mol. The summed E-state index contributed by atoms with van der Waals surface area (Å²) in [7, 11) is -3.62. The third kappa shape index (κ3) is 4.71. The van der Waals surface area contributed by atoms with Gasteiger partial charge in [-0.15, -0.1) is 0 Å². The summed E-state index contributed by atoms with van der Waals surface area (Å²) in [5.74, 6) is -1.25. The first kappa shape index (κ1) is 20.6. The molecule has 30 heavy (non-hydrogen) atoms. The van der Waals surface area contributed by atoms with E-state index in [1.54, 1.807) is 12.1 Å². The van der Waals surface area contributed by atoms with E-state index in [9.17, 15) is 18.0 Å². The van der Waals surface area contributed by atoms with E-state index in [2.05, 4.69) is 15.5 Å². The van der Waals surface area contributed by atoms with Gasteiger partial charge in [0.2, 0.25) is 11.8 Å². The van der Waals surface area contributed by atoms with Gasteiger partial charge in [0.05, 0.1) is 23.0 Å². The molecule has 158 valence electrons. The van der Waals surface area contributed by atoms with Gasteiger partial charge in [-0.05, 0) is 49.2 Å². The Hall–Kier alpha value is -2.71. The van der Waals surface area contributed by atoms with Crippen LogP contribution in [-0.2, 0) is 25.8 Å². The van der Waals surface area contributed by atoms with Gasteiger partial charge in [0.1, 0.15) is 5.75 Å². The lowest BCUT2D eigenvalue weighted by Gasteiger charge is -2.25. The molecular formula is C22H25N3O4S. The van der Waals surface area contributed by atoms with Crippen molar-refractivity contribution in [2.45, 2.75) is 30.2 Å². The van der Waals surface area contributed by atoms with Gasteiger partial charge >= 0.3 is 0 Å². The molecule has 0 aliphatic carbocycles. The van der Waals surface area contributed by atoms with Crippen LogP contribution in [0.5, 0.6) is 0 Å². The summed E-state index contributed by atoms with van der Waals surface area (Å²) in [6.07, 6.45) is 2.46. The van der Waals surface area contributed by atoms with E-state index in [1.807, 2.05) is 30.3 Å². The van der Waals surface area contributed by atoms with Crippen LogP contribution in [-0.4, -0.2) is 50.5 Å². The maximum Gasteiger partial charge on any atom is 0.239 e. The van der Waals surface area contributed by atoms with Gasteiger partial charge in [0.25, 0.3) is 0 Å². The molecule has 0 spiro atoms. The highest BCUT2D eigenvalue weighted by Crippen LogP contribution is 2.28. The van der Waals surface area contributed by atoms with Gasteiger partial charge in [-0.25, -0.2) is 8.42 Å². The molecule has 1 atom stereocenters. The number of likely N-dealkylation sites (tertiary alicyclic amines) is 1. The van der Waals surface area contributed by atoms with E-state index in [4.69, 9.17) is 0 Å². The van der Waals surface area contributed by atoms with Crippen molar-refractivity contribution in [2.24, 2.45) is 0 Å². The number of nitrogens with one attached hydrogen (secondary N) is 2. The number of anilines is 1. The first-order valence-electron chi connectivity index (χ1n) is 10.1. The summed E-state index contributed by atoms with van der Waals surface area (Å²) in [5, 5.41) is 5.72. The third-order valence-electron chi connectivity index (χ3n) is 5.52. The predicted molar refractivity (Wildman–Crippen MR) is 114 cm³/mol. The molecule has 0 radical (unpaired) electrons. The second kappa shape index (κ2) is 8.57. The fraction of sp³-hybridized carbons (Fsp3) is 0.364. The van der Waals surface area contributed by atoms with Crippen LogP contribution in [0.25, 0.3) is 0 Å². The van der Waals surface area contributed by atoms with Crippen molar-refractivity contribution in [1.29, 1.82) is 0 Å². The molecule has 2 aromatic rings. The Morgan fingerprint density at radius 2 is 1.83 bits per heavy atom. The molecule has 2 aliphatic rings. The molecule has 0 saturated carbocycles. The van der Waals surface area contributed by atoms with Gasteiger partial charge in [0, 0.05) is 6.54 Å². The summed E-state index contributed by atoms with van der Waals surface area (Å²) in [6, 6.07) is 14.5. The number of benzene rings is 2. The molecule has 1 fully saturated rings. The van der Waals surface area contributed by atoms with Crippen LogP contribution >= 0.6 is 0 Å². The minimum atomic E-state index is -3.62. The van der Waals surface area contributed by atoms with Crippen LogP contribution < -0.4 is 10.6 Å². The van der Waals surface area contributed by atoms with Crippen LogP contribution in [0.2, 0.25) is 0 Å². The highest BCUT2D eigenvalue weighted by atomic mass is 32.2. The summed E-state index contributed by atoms with van der Waals surface area (Å²) < 4.78 is 24.3. The third-order valence-corrected chi connectivity index (χ3v) is 7.18. The van der Waals surface area contributed by atoms with Crippen LogP contribution in [0.3, 0.4) is 0 Å². The van der Waals surface area contributed by atoms with Crippen molar-refractivity contribution < 1.29 is 18.0 Å². The Bertz CT molecular complexity index is 1050. The summed E-state index contributed by atoms with van der Waals surface area (Å²) in [4.78, 5) is 26.9. The Balaban J connectivity index is 1.48. The zero-order chi connectivity index (χ0) is 21.1. The Morgan fingerprint density at radius 3 is 2.57 bits per heavy atom.